The van der Waals surface area contributed by atoms with Crippen LogP contribution in [0.1, 0.15) is 22.9 Å². The zero-order valence-corrected chi connectivity index (χ0v) is 37.1. The summed E-state index contributed by atoms with van der Waals surface area (Å²) in [5.74, 6) is 1.34. The van der Waals surface area contributed by atoms with E-state index in [1.54, 1.807) is 0 Å². The maximum absolute atomic E-state index is 6.44. The van der Waals surface area contributed by atoms with E-state index in [1.807, 2.05) is 35.6 Å². The van der Waals surface area contributed by atoms with Crippen molar-refractivity contribution < 1.29 is 8.83 Å². The number of aromatic nitrogens is 1. The Kier molecular flexibility index (Phi) is 7.91. The normalized spacial score (nSPS) is 14.3. The van der Waals surface area contributed by atoms with Gasteiger partial charge in [-0.25, -0.2) is 9.98 Å². The summed E-state index contributed by atoms with van der Waals surface area (Å²) >= 11 is 1.83. The molecular formula is C61H36N4O2S. The molecule has 0 saturated carbocycles. The summed E-state index contributed by atoms with van der Waals surface area (Å²) in [6, 6.07) is 73.4. The Bertz CT molecular complexity index is 4510. The number of rotatable bonds is 5. The topological polar surface area (TPSA) is 68.0 Å². The summed E-state index contributed by atoms with van der Waals surface area (Å²) in [7, 11) is 0. The monoisotopic (exact) mass is 888 g/mol. The first-order valence-corrected chi connectivity index (χ1v) is 23.7. The molecule has 7 heteroatoms. The van der Waals surface area contributed by atoms with Gasteiger partial charge in [0, 0.05) is 80.4 Å². The predicted octanol–water partition coefficient (Wildman–Crippen LogP) is 16.3. The molecule has 1 N–H and O–H groups in total. The molecule has 1 atom stereocenters. The van der Waals surface area contributed by atoms with Crippen LogP contribution in [0.5, 0.6) is 0 Å². The van der Waals surface area contributed by atoms with Crippen LogP contribution in [0.15, 0.2) is 225 Å². The van der Waals surface area contributed by atoms with Crippen LogP contribution in [0.3, 0.4) is 0 Å². The number of fused-ring (bicyclic) bond motifs is 13. The Balaban J connectivity index is 0.985. The summed E-state index contributed by atoms with van der Waals surface area (Å²) in [6.07, 6.45) is -0.486. The van der Waals surface area contributed by atoms with Crippen molar-refractivity contribution in [2.45, 2.75) is 6.17 Å². The lowest BCUT2D eigenvalue weighted by molar-refractivity contribution is 0.654. The smallest absolute Gasteiger partial charge is 0.160 e. The zero-order valence-electron chi connectivity index (χ0n) is 36.3. The molecule has 0 amide bonds. The van der Waals surface area contributed by atoms with Crippen molar-refractivity contribution in [1.82, 2.24) is 9.88 Å². The van der Waals surface area contributed by atoms with Crippen LogP contribution in [-0.2, 0) is 0 Å². The van der Waals surface area contributed by atoms with Crippen molar-refractivity contribution in [2.24, 2.45) is 9.98 Å². The first kappa shape index (κ1) is 37.4. The molecule has 0 saturated heterocycles. The van der Waals surface area contributed by atoms with Crippen molar-refractivity contribution in [2.75, 3.05) is 0 Å². The van der Waals surface area contributed by atoms with Gasteiger partial charge in [-0.1, -0.05) is 133 Å². The molecule has 1 aliphatic heterocycles. The summed E-state index contributed by atoms with van der Waals surface area (Å²) < 4.78 is 17.8. The van der Waals surface area contributed by atoms with Crippen LogP contribution in [-0.4, -0.2) is 16.2 Å². The van der Waals surface area contributed by atoms with Gasteiger partial charge < -0.3 is 18.7 Å². The van der Waals surface area contributed by atoms with E-state index in [1.165, 1.54) is 41.7 Å². The molecule has 4 aromatic heterocycles. The third kappa shape index (κ3) is 5.63. The lowest BCUT2D eigenvalue weighted by Gasteiger charge is -2.25. The molecule has 15 rings (SSSR count). The van der Waals surface area contributed by atoms with Crippen molar-refractivity contribution >= 4 is 120 Å². The molecule has 0 bridgehead atoms. The van der Waals surface area contributed by atoms with Gasteiger partial charge in [-0.15, -0.1) is 11.3 Å². The first-order chi connectivity index (χ1) is 33.7. The molecule has 0 fully saturated rings. The lowest BCUT2D eigenvalue weighted by Crippen LogP contribution is -2.33. The van der Waals surface area contributed by atoms with Crippen LogP contribution >= 0.6 is 11.3 Å². The van der Waals surface area contributed by atoms with Crippen molar-refractivity contribution in [1.29, 1.82) is 0 Å². The molecule has 68 heavy (non-hydrogen) atoms. The largest absolute Gasteiger partial charge is 0.456 e. The molecule has 10 aromatic carbocycles. The molecule has 5 heterocycles. The molecule has 1 unspecified atom stereocenters. The number of hydrogen-bond donors (Lipinski definition) is 1. The highest BCUT2D eigenvalue weighted by Gasteiger charge is 2.26. The van der Waals surface area contributed by atoms with E-state index in [2.05, 4.69) is 192 Å². The summed E-state index contributed by atoms with van der Waals surface area (Å²) in [6.45, 7) is 0. The standard InChI is InChI=1S/C61H36N4O2S/c1-2-13-36-31-52-50(30-35(36)12-1)40-14-3-7-20-51(40)65(52)39-26-29-48(49(34-39)47-19-11-18-46-45-17-6-10-23-57(45)68-58(46)47)61-63-59(37-24-27-43-41-15-4-8-21-53(41)66-55(43)32-37)62-60(64-61)38-25-28-44-42-16-5-9-22-54(42)67-56(44)33-38/h1-34,59H,(H,62,63,64). The van der Waals surface area contributed by atoms with Gasteiger partial charge in [-0.05, 0) is 89.1 Å². The average molecular weight is 889 g/mol. The number of para-hydroxylation sites is 3. The average Bonchev–Trinajstić information content (AvgIpc) is 4.16. The predicted molar refractivity (Wildman–Crippen MR) is 283 cm³/mol. The maximum atomic E-state index is 6.44. The molecule has 1 aliphatic rings. The number of nitrogens with zero attached hydrogens (tertiary/aromatic N) is 3. The van der Waals surface area contributed by atoms with E-state index in [9.17, 15) is 0 Å². The van der Waals surface area contributed by atoms with Crippen LogP contribution in [0.25, 0.3) is 113 Å². The number of nitrogens with one attached hydrogen (secondary N) is 1. The van der Waals surface area contributed by atoms with Gasteiger partial charge in [0.05, 0.1) is 11.0 Å². The summed E-state index contributed by atoms with van der Waals surface area (Å²) in [5, 5.41) is 15.4. The number of thiophene rings is 1. The number of aliphatic imine (C=N–C) groups is 2. The fourth-order valence-corrected chi connectivity index (χ4v) is 11.9. The molecule has 0 radical (unpaired) electrons. The third-order valence-corrected chi connectivity index (χ3v) is 15.1. The minimum Gasteiger partial charge on any atom is -0.456 e. The van der Waals surface area contributed by atoms with E-state index >= 15 is 0 Å². The Morgan fingerprint density at radius 2 is 1.10 bits per heavy atom. The van der Waals surface area contributed by atoms with Crippen molar-refractivity contribution in [3.05, 3.63) is 223 Å². The highest BCUT2D eigenvalue weighted by molar-refractivity contribution is 7.26. The second kappa shape index (κ2) is 14.4. The second-order valence-electron chi connectivity index (χ2n) is 17.7. The molecular weight excluding hydrogens is 853 g/mol. The van der Waals surface area contributed by atoms with Gasteiger partial charge in [-0.2, -0.15) is 0 Å². The van der Waals surface area contributed by atoms with Crippen LogP contribution in [0.2, 0.25) is 0 Å². The Morgan fingerprint density at radius 3 is 1.93 bits per heavy atom. The van der Waals surface area contributed by atoms with Crippen LogP contribution in [0.4, 0.5) is 0 Å². The molecule has 318 valence electrons. The van der Waals surface area contributed by atoms with Crippen LogP contribution < -0.4 is 5.32 Å². The van der Waals surface area contributed by atoms with Gasteiger partial charge in [0.1, 0.15) is 34.3 Å². The van der Waals surface area contributed by atoms with E-state index in [-0.39, 0.29) is 0 Å². The van der Waals surface area contributed by atoms with Gasteiger partial charge >= 0.3 is 0 Å². The zero-order chi connectivity index (χ0) is 44.5. The summed E-state index contributed by atoms with van der Waals surface area (Å²) in [5.41, 5.74) is 11.7. The molecule has 6 nitrogen and oxygen atoms in total. The van der Waals surface area contributed by atoms with E-state index in [0.29, 0.717) is 11.7 Å². The maximum Gasteiger partial charge on any atom is 0.160 e. The van der Waals surface area contributed by atoms with E-state index < -0.39 is 6.17 Å². The minimum absolute atomic E-state index is 0.486. The fourth-order valence-electron chi connectivity index (χ4n) is 10.7. The number of benzene rings is 10. The second-order valence-corrected chi connectivity index (χ2v) is 18.8. The van der Waals surface area contributed by atoms with Gasteiger partial charge in [0.2, 0.25) is 0 Å². The molecule has 0 spiro atoms. The number of amidine groups is 2. The third-order valence-electron chi connectivity index (χ3n) is 13.9. The molecule has 14 aromatic rings. The van der Waals surface area contributed by atoms with Crippen LogP contribution in [0, 0.1) is 0 Å². The Labute approximate surface area is 392 Å². The number of furan rings is 2. The van der Waals surface area contributed by atoms with E-state index in [4.69, 9.17) is 18.8 Å². The number of hydrogen-bond acceptors (Lipinski definition) is 6. The highest BCUT2D eigenvalue weighted by atomic mass is 32.1. The first-order valence-electron chi connectivity index (χ1n) is 22.9. The van der Waals surface area contributed by atoms with Gasteiger partial charge in [0.25, 0.3) is 0 Å². The van der Waals surface area contributed by atoms with Gasteiger partial charge in [0.15, 0.2) is 5.84 Å². The van der Waals surface area contributed by atoms with Crippen molar-refractivity contribution in [3.63, 3.8) is 0 Å². The Morgan fingerprint density at radius 1 is 0.441 bits per heavy atom. The Hall–Kier alpha value is -8.78. The van der Waals surface area contributed by atoms with Crippen molar-refractivity contribution in [3.8, 4) is 16.8 Å². The fraction of sp³-hybridized carbons (Fsp3) is 0.0164. The minimum atomic E-state index is -0.486. The lowest BCUT2D eigenvalue weighted by atomic mass is 9.96. The van der Waals surface area contributed by atoms with Gasteiger partial charge in [-0.3, -0.25) is 0 Å². The molecule has 0 aliphatic carbocycles. The SMILES string of the molecule is c1ccc2cc3c(cc2c1)c1ccccc1n3-c1ccc(C2=NC(c3ccc4c(c3)oc3ccccc34)NC(c3ccc4c(c3)oc3ccccc34)=N2)c(-c2cccc3c2sc2ccccc23)c1. The quantitative estimate of drug-likeness (QED) is 0.187. The highest BCUT2D eigenvalue weighted by Crippen LogP contribution is 2.44. The van der Waals surface area contributed by atoms with E-state index in [0.717, 1.165) is 88.4 Å². The summed E-state index contributed by atoms with van der Waals surface area (Å²) in [4.78, 5) is 11.0.